The Kier molecular flexibility index (Phi) is 5.88. The number of aryl methyl sites for hydroxylation is 2. The normalized spacial score (nSPS) is 17.4. The van der Waals surface area contributed by atoms with Gasteiger partial charge in [-0.3, -0.25) is 4.79 Å². The van der Waals surface area contributed by atoms with Gasteiger partial charge in [-0.25, -0.2) is 8.42 Å². The van der Waals surface area contributed by atoms with E-state index < -0.39 is 15.9 Å². The predicted molar refractivity (Wildman–Crippen MR) is 116 cm³/mol. The van der Waals surface area contributed by atoms with Crippen molar-refractivity contribution in [1.29, 1.82) is 0 Å². The molecule has 1 amide bonds. The van der Waals surface area contributed by atoms with Crippen molar-refractivity contribution in [2.45, 2.75) is 31.6 Å². The van der Waals surface area contributed by atoms with Crippen molar-refractivity contribution >= 4 is 21.6 Å². The van der Waals surface area contributed by atoms with Gasteiger partial charge in [-0.1, -0.05) is 35.5 Å². The first kappa shape index (κ1) is 21.2. The topological polar surface area (TPSA) is 105 Å². The number of anilines is 1. The summed E-state index contributed by atoms with van der Waals surface area (Å²) in [5.41, 5.74) is 1.89. The van der Waals surface area contributed by atoms with Crippen molar-refractivity contribution in [1.82, 2.24) is 14.4 Å². The third kappa shape index (κ3) is 4.52. The van der Waals surface area contributed by atoms with E-state index in [2.05, 4.69) is 15.5 Å². The number of nitrogens with one attached hydrogen (secondary N) is 1. The Labute approximate surface area is 181 Å². The highest BCUT2D eigenvalue weighted by Crippen LogP contribution is 2.29. The maximum Gasteiger partial charge on any atom is 0.243 e. The number of hydrogen-bond acceptors (Lipinski definition) is 6. The highest BCUT2D eigenvalue weighted by atomic mass is 32.2. The molecule has 0 saturated carbocycles. The lowest BCUT2D eigenvalue weighted by atomic mass is 9.99. The van der Waals surface area contributed by atoms with Crippen LogP contribution < -0.4 is 5.32 Å². The first-order valence-corrected chi connectivity index (χ1v) is 11.6. The molecular formula is C22H24N4O4S. The predicted octanol–water partition coefficient (Wildman–Crippen LogP) is 3.39. The van der Waals surface area contributed by atoms with Crippen LogP contribution in [0.25, 0.3) is 11.4 Å². The van der Waals surface area contributed by atoms with Crippen LogP contribution in [0.2, 0.25) is 0 Å². The Balaban J connectivity index is 1.56. The van der Waals surface area contributed by atoms with Crippen LogP contribution in [0.1, 0.15) is 24.3 Å². The lowest BCUT2D eigenvalue weighted by Crippen LogP contribution is -2.43. The van der Waals surface area contributed by atoms with E-state index in [4.69, 9.17) is 4.52 Å². The minimum atomic E-state index is -3.79. The van der Waals surface area contributed by atoms with Gasteiger partial charge in [0, 0.05) is 31.3 Å². The molecule has 0 spiro atoms. The number of nitrogens with zero attached hydrogens (tertiary/aromatic N) is 3. The largest absolute Gasteiger partial charge is 0.339 e. The van der Waals surface area contributed by atoms with E-state index in [-0.39, 0.29) is 17.3 Å². The molecule has 162 valence electrons. The fourth-order valence-electron chi connectivity index (χ4n) is 3.71. The van der Waals surface area contributed by atoms with Gasteiger partial charge in [-0.05, 0) is 43.5 Å². The van der Waals surface area contributed by atoms with Gasteiger partial charge < -0.3 is 9.84 Å². The fourth-order valence-corrected chi connectivity index (χ4v) is 5.49. The third-order valence-corrected chi connectivity index (χ3v) is 7.40. The molecule has 9 heteroatoms. The Morgan fingerprint density at radius 3 is 2.65 bits per heavy atom. The maximum absolute atomic E-state index is 13.5. The summed E-state index contributed by atoms with van der Waals surface area (Å²) in [6.45, 7) is 3.95. The highest BCUT2D eigenvalue weighted by Gasteiger charge is 2.34. The van der Waals surface area contributed by atoms with Gasteiger partial charge in [0.15, 0.2) is 0 Å². The number of hydrogen-bond donors (Lipinski definition) is 1. The quantitative estimate of drug-likeness (QED) is 0.652. The summed E-state index contributed by atoms with van der Waals surface area (Å²) < 4.78 is 33.3. The minimum absolute atomic E-state index is 0.145. The zero-order valence-corrected chi connectivity index (χ0v) is 18.2. The average molecular weight is 441 g/mol. The van der Waals surface area contributed by atoms with E-state index in [1.807, 2.05) is 30.3 Å². The summed E-state index contributed by atoms with van der Waals surface area (Å²) >= 11 is 0. The summed E-state index contributed by atoms with van der Waals surface area (Å²) in [4.78, 5) is 17.1. The molecule has 31 heavy (non-hydrogen) atoms. The molecule has 1 atom stereocenters. The highest BCUT2D eigenvalue weighted by molar-refractivity contribution is 7.89. The number of para-hydroxylation sites is 1. The van der Waals surface area contributed by atoms with E-state index in [9.17, 15) is 13.2 Å². The summed E-state index contributed by atoms with van der Waals surface area (Å²) in [5.74, 6) is 0.168. The van der Waals surface area contributed by atoms with Gasteiger partial charge in [-0.15, -0.1) is 0 Å². The monoisotopic (exact) mass is 440 g/mol. The van der Waals surface area contributed by atoms with Crippen LogP contribution in [0.5, 0.6) is 0 Å². The Morgan fingerprint density at radius 2 is 1.94 bits per heavy atom. The Hall–Kier alpha value is -3.04. The van der Waals surface area contributed by atoms with Gasteiger partial charge in [0.05, 0.1) is 10.8 Å². The molecule has 1 saturated heterocycles. The molecule has 1 aromatic heterocycles. The number of aromatic nitrogens is 2. The van der Waals surface area contributed by atoms with Crippen LogP contribution in [0, 0.1) is 19.8 Å². The second kappa shape index (κ2) is 8.60. The second-order valence-corrected chi connectivity index (χ2v) is 9.58. The molecule has 0 bridgehead atoms. The van der Waals surface area contributed by atoms with Gasteiger partial charge in [-0.2, -0.15) is 9.29 Å². The van der Waals surface area contributed by atoms with Gasteiger partial charge in [0.25, 0.3) is 0 Å². The smallest absolute Gasteiger partial charge is 0.243 e. The average Bonchev–Trinajstić information content (AvgIpc) is 3.21. The van der Waals surface area contributed by atoms with Gasteiger partial charge in [0.2, 0.25) is 27.6 Å². The Morgan fingerprint density at radius 1 is 1.16 bits per heavy atom. The van der Waals surface area contributed by atoms with Crippen LogP contribution in [0.15, 0.2) is 57.9 Å². The van der Waals surface area contributed by atoms with Gasteiger partial charge >= 0.3 is 0 Å². The SMILES string of the molecule is Cc1nc(-c2ccc(C)c(S(=O)(=O)N3CCC[C@@H](C(=O)Nc4ccccc4)C3)c2)no1. The van der Waals surface area contributed by atoms with Crippen LogP contribution in [-0.4, -0.2) is 41.9 Å². The zero-order valence-electron chi connectivity index (χ0n) is 17.4. The van der Waals surface area contributed by atoms with Gasteiger partial charge in [0.1, 0.15) is 0 Å². The van der Waals surface area contributed by atoms with E-state index in [0.29, 0.717) is 47.9 Å². The Bertz CT molecular complexity index is 1190. The first-order valence-electron chi connectivity index (χ1n) is 10.1. The van der Waals surface area contributed by atoms with Crippen molar-refractivity contribution in [3.63, 3.8) is 0 Å². The van der Waals surface area contributed by atoms with E-state index in [0.717, 1.165) is 0 Å². The maximum atomic E-state index is 13.5. The number of benzene rings is 2. The summed E-state index contributed by atoms with van der Waals surface area (Å²) in [7, 11) is -3.79. The molecule has 1 N–H and O–H groups in total. The van der Waals surface area contributed by atoms with Crippen molar-refractivity contribution in [2.75, 3.05) is 18.4 Å². The minimum Gasteiger partial charge on any atom is -0.339 e. The van der Waals surface area contributed by atoms with Crippen molar-refractivity contribution < 1.29 is 17.7 Å². The standard InChI is InChI=1S/C22H24N4O4S/c1-15-10-11-17(21-23-16(2)30-25-21)13-20(15)31(28,29)26-12-6-7-18(14-26)22(27)24-19-8-4-3-5-9-19/h3-5,8-11,13,18H,6-7,12,14H2,1-2H3,(H,24,27)/t18-/m1/s1. The number of carbonyl (C=O) groups excluding carboxylic acids is 1. The molecule has 8 nitrogen and oxygen atoms in total. The van der Waals surface area contributed by atoms with Crippen molar-refractivity contribution in [2.24, 2.45) is 5.92 Å². The molecule has 3 aromatic rings. The summed E-state index contributed by atoms with van der Waals surface area (Å²) in [6.07, 6.45) is 1.26. The van der Waals surface area contributed by atoms with Crippen molar-refractivity contribution in [3.8, 4) is 11.4 Å². The first-order chi connectivity index (χ1) is 14.8. The third-order valence-electron chi connectivity index (χ3n) is 5.39. The number of piperidine rings is 1. The number of carbonyl (C=O) groups is 1. The number of amides is 1. The molecule has 4 rings (SSSR count). The van der Waals surface area contributed by atoms with Crippen LogP contribution >= 0.6 is 0 Å². The molecule has 0 unspecified atom stereocenters. The van der Waals surface area contributed by atoms with Crippen LogP contribution in [-0.2, 0) is 14.8 Å². The zero-order chi connectivity index (χ0) is 22.0. The summed E-state index contributed by atoms with van der Waals surface area (Å²) in [6, 6.07) is 14.2. The molecule has 1 aliphatic heterocycles. The second-order valence-electron chi connectivity index (χ2n) is 7.67. The van der Waals surface area contributed by atoms with Crippen molar-refractivity contribution in [3.05, 3.63) is 60.0 Å². The number of sulfonamides is 1. The van der Waals surface area contributed by atoms with Crippen LogP contribution in [0.3, 0.4) is 0 Å². The van der Waals surface area contributed by atoms with Crippen LogP contribution in [0.4, 0.5) is 5.69 Å². The molecule has 2 aromatic carbocycles. The molecule has 1 fully saturated rings. The molecule has 2 heterocycles. The van der Waals surface area contributed by atoms with E-state index in [1.165, 1.54) is 4.31 Å². The lowest BCUT2D eigenvalue weighted by Gasteiger charge is -2.31. The molecule has 0 radical (unpaired) electrons. The number of rotatable bonds is 5. The molecule has 0 aliphatic carbocycles. The van der Waals surface area contributed by atoms with E-state index in [1.54, 1.807) is 32.0 Å². The summed E-state index contributed by atoms with van der Waals surface area (Å²) in [5, 5.41) is 6.76. The van der Waals surface area contributed by atoms with E-state index >= 15 is 0 Å². The fraction of sp³-hybridized carbons (Fsp3) is 0.318. The lowest BCUT2D eigenvalue weighted by molar-refractivity contribution is -0.120. The molecule has 1 aliphatic rings. The molecular weight excluding hydrogens is 416 g/mol.